The van der Waals surface area contributed by atoms with E-state index in [4.69, 9.17) is 0 Å². The molecule has 2 nitrogen and oxygen atoms in total. The van der Waals surface area contributed by atoms with Crippen LogP contribution in [0.1, 0.15) is 85.5 Å². The van der Waals surface area contributed by atoms with Crippen LogP contribution in [0.5, 0.6) is 0 Å². The van der Waals surface area contributed by atoms with Crippen LogP contribution in [0.25, 0.3) is 5.32 Å². The van der Waals surface area contributed by atoms with Crippen LogP contribution in [-0.4, -0.2) is 19.6 Å². The van der Waals surface area contributed by atoms with Crippen molar-refractivity contribution in [3.8, 4) is 0 Å². The number of hydrogen-bond acceptors (Lipinski definition) is 1. The van der Waals surface area contributed by atoms with Crippen LogP contribution in [0.4, 0.5) is 0 Å². The van der Waals surface area contributed by atoms with Gasteiger partial charge in [0.1, 0.15) is 0 Å². The molecule has 133 valence electrons. The van der Waals surface area contributed by atoms with Crippen molar-refractivity contribution in [3.05, 3.63) is 18.2 Å². The summed E-state index contributed by atoms with van der Waals surface area (Å²) in [5, 5.41) is 3.50. The molecule has 0 bridgehead atoms. The Bertz CT molecular complexity index is 202. The second kappa shape index (κ2) is 17.8. The molecule has 0 N–H and O–H groups in total. The van der Waals surface area contributed by atoms with E-state index in [0.29, 0.717) is 0 Å². The molecule has 2 rings (SSSR count). The van der Waals surface area contributed by atoms with Gasteiger partial charge in [-0.25, -0.2) is 0 Å². The summed E-state index contributed by atoms with van der Waals surface area (Å²) in [6.45, 7) is 8.65. The zero-order valence-electron chi connectivity index (χ0n) is 15.9. The van der Waals surface area contributed by atoms with Gasteiger partial charge in [0.2, 0.25) is 0 Å². The van der Waals surface area contributed by atoms with Crippen molar-refractivity contribution >= 4 is 0 Å². The molecule has 0 atom stereocenters. The summed E-state index contributed by atoms with van der Waals surface area (Å²) >= 11 is 1.15. The van der Waals surface area contributed by atoms with Crippen LogP contribution in [0.2, 0.25) is 0 Å². The van der Waals surface area contributed by atoms with Crippen LogP contribution >= 0.6 is 0 Å². The summed E-state index contributed by atoms with van der Waals surface area (Å²) in [6.07, 6.45) is 17.5. The molecule has 0 aliphatic heterocycles. The Balaban J connectivity index is 0. The summed E-state index contributed by atoms with van der Waals surface area (Å²) in [7, 11) is 3.50. The van der Waals surface area contributed by atoms with Gasteiger partial charge in [-0.3, -0.25) is 0 Å². The van der Waals surface area contributed by atoms with Gasteiger partial charge in [0, 0.05) is 0 Å². The van der Waals surface area contributed by atoms with Crippen molar-refractivity contribution in [1.82, 2.24) is 0 Å². The molecule has 0 unspecified atom stereocenters. The Hall–Kier alpha value is 0.500. The van der Waals surface area contributed by atoms with Crippen molar-refractivity contribution < 1.29 is 20.9 Å². The molecule has 0 spiro atoms. The Morgan fingerprint density at radius 2 is 1.27 bits per heavy atom. The van der Waals surface area contributed by atoms with E-state index >= 15 is 0 Å². The molecule has 0 saturated heterocycles. The van der Waals surface area contributed by atoms with Crippen molar-refractivity contribution in [2.75, 3.05) is 14.1 Å². The van der Waals surface area contributed by atoms with E-state index in [-0.39, 0.29) is 5.54 Å². The monoisotopic (exact) mass is 476 g/mol. The normalized spacial score (nSPS) is 18.4. The van der Waals surface area contributed by atoms with Crippen LogP contribution in [0.15, 0.2) is 3.34 Å². The van der Waals surface area contributed by atoms with Crippen molar-refractivity contribution in [2.45, 2.75) is 91.0 Å². The van der Waals surface area contributed by atoms with Gasteiger partial charge in [-0.05, 0) is 5.92 Å². The second-order valence-electron chi connectivity index (χ2n) is 7.19. The zero-order valence-corrected chi connectivity index (χ0v) is 19.2. The van der Waals surface area contributed by atoms with E-state index in [0.717, 1.165) is 26.8 Å². The Morgan fingerprint density at radius 1 is 0.909 bits per heavy atom. The minimum Gasteiger partial charge on any atom is -0.668 e. The second-order valence-corrected chi connectivity index (χ2v) is 7.91. The SMILES string of the molecule is CC(C)(C)[N]=[Ta].CC1CC[CH-]CC1.C[N-]C.[CH-]1CCCCC1. The van der Waals surface area contributed by atoms with Gasteiger partial charge in [-0.2, -0.15) is 39.8 Å². The van der Waals surface area contributed by atoms with E-state index in [9.17, 15) is 0 Å². The standard InChI is InChI=1S/C7H13.C6H11.C4H9N.C2H6N.Ta/c1-7-5-3-2-4-6-7;1-2-4-6-5-3-1;1-4(2,3)5;1-3-2;/h2,7H,3-6H2,1H3;1H,2-6H2;1-3H3;1-2H3;/q2*-1;;-1;. The van der Waals surface area contributed by atoms with Crippen LogP contribution in [0.3, 0.4) is 0 Å². The molecule has 2 aliphatic rings. The predicted octanol–water partition coefficient (Wildman–Crippen LogP) is 6.69. The summed E-state index contributed by atoms with van der Waals surface area (Å²) < 4.78 is 4.13. The summed E-state index contributed by atoms with van der Waals surface area (Å²) in [6, 6.07) is 0. The van der Waals surface area contributed by atoms with Gasteiger partial charge in [-0.1, -0.05) is 39.0 Å². The first-order chi connectivity index (χ1) is 10.4. The molecule has 0 aromatic carbocycles. The molecule has 0 radical (unpaired) electrons. The number of rotatable bonds is 0. The third-order valence-electron chi connectivity index (χ3n) is 3.34. The fraction of sp³-hybridized carbons (Fsp3) is 0.895. The Morgan fingerprint density at radius 3 is 1.41 bits per heavy atom. The first-order valence-corrected chi connectivity index (χ1v) is 10.3. The van der Waals surface area contributed by atoms with Crippen LogP contribution < -0.4 is 0 Å². The zero-order chi connectivity index (χ0) is 17.3. The van der Waals surface area contributed by atoms with Crippen molar-refractivity contribution in [2.24, 2.45) is 9.26 Å². The van der Waals surface area contributed by atoms with E-state index in [1.807, 2.05) is 0 Å². The fourth-order valence-corrected chi connectivity index (χ4v) is 1.99. The van der Waals surface area contributed by atoms with Gasteiger partial charge in [0.05, 0.1) is 0 Å². The third kappa shape index (κ3) is 25.5. The Kier molecular flexibility index (Phi) is 20.1. The maximum Gasteiger partial charge on any atom is -0.0491 e. The molecule has 2 saturated carbocycles. The molecular formula is C19H39N2Ta-3. The van der Waals surface area contributed by atoms with Crippen molar-refractivity contribution in [1.29, 1.82) is 0 Å². The fourth-order valence-electron chi connectivity index (χ4n) is 1.99. The summed E-state index contributed by atoms with van der Waals surface area (Å²) in [5.74, 6) is 1.00. The molecular weight excluding hydrogens is 437 g/mol. The number of nitrogens with zero attached hydrogens (tertiary/aromatic N) is 2. The van der Waals surface area contributed by atoms with Gasteiger partial charge < -0.3 is 18.2 Å². The topological polar surface area (TPSA) is 26.5 Å². The molecule has 0 aromatic heterocycles. The Labute approximate surface area is 153 Å². The summed E-state index contributed by atoms with van der Waals surface area (Å²) in [5.41, 5.74) is 0.216. The van der Waals surface area contributed by atoms with Gasteiger partial charge in [-0.15, -0.1) is 0 Å². The smallest absolute Gasteiger partial charge is 0.0491 e. The van der Waals surface area contributed by atoms with E-state index in [2.05, 4.69) is 49.2 Å². The molecule has 3 heteroatoms. The average Bonchev–Trinajstić information content (AvgIpc) is 2.51. The minimum absolute atomic E-state index is 0.216. The molecule has 22 heavy (non-hydrogen) atoms. The molecule has 0 amide bonds. The molecule has 0 heterocycles. The largest absolute Gasteiger partial charge is 0.668 e. The predicted molar refractivity (Wildman–Crippen MR) is 96.7 cm³/mol. The van der Waals surface area contributed by atoms with Gasteiger partial charge >= 0.3 is 50.5 Å². The third-order valence-corrected chi connectivity index (χ3v) is 5.50. The first kappa shape index (κ1) is 24.7. The summed E-state index contributed by atoms with van der Waals surface area (Å²) in [4.78, 5) is 0. The number of hydrogen-bond donors (Lipinski definition) is 0. The molecule has 0 aromatic rings. The van der Waals surface area contributed by atoms with Crippen molar-refractivity contribution in [3.63, 3.8) is 0 Å². The maximum atomic E-state index is 4.13. The van der Waals surface area contributed by atoms with Gasteiger partial charge in [0.15, 0.2) is 0 Å². The van der Waals surface area contributed by atoms with Crippen LogP contribution in [-0.2, 0) is 20.9 Å². The van der Waals surface area contributed by atoms with Crippen LogP contribution in [0, 0.1) is 18.8 Å². The van der Waals surface area contributed by atoms with E-state index < -0.39 is 0 Å². The quantitative estimate of drug-likeness (QED) is 0.348. The van der Waals surface area contributed by atoms with Gasteiger partial charge in [0.25, 0.3) is 0 Å². The maximum absolute atomic E-state index is 4.13. The minimum atomic E-state index is 0.216. The van der Waals surface area contributed by atoms with E-state index in [1.54, 1.807) is 14.1 Å². The van der Waals surface area contributed by atoms with E-state index in [1.165, 1.54) is 57.8 Å². The molecule has 2 fully saturated rings. The average molecular weight is 476 g/mol. The first-order valence-electron chi connectivity index (χ1n) is 8.84. The molecule has 2 aliphatic carbocycles.